The van der Waals surface area contributed by atoms with Crippen LogP contribution < -0.4 is 15.1 Å². The maximum Gasteiger partial charge on any atom is 0.338 e. The van der Waals surface area contributed by atoms with Crippen molar-refractivity contribution < 1.29 is 18.7 Å². The molecule has 0 saturated heterocycles. The molecular weight excluding hydrogens is 272 g/mol. The lowest BCUT2D eigenvalue weighted by molar-refractivity contribution is -0.130. The van der Waals surface area contributed by atoms with Crippen molar-refractivity contribution in [2.75, 3.05) is 0 Å². The van der Waals surface area contributed by atoms with Gasteiger partial charge in [-0.1, -0.05) is 6.58 Å². The highest BCUT2D eigenvalue weighted by Gasteiger charge is 2.15. The molecule has 2 aromatic rings. The summed E-state index contributed by atoms with van der Waals surface area (Å²) in [6.07, 6.45) is -0.125. The first-order valence-electron chi connectivity index (χ1n) is 6.49. The van der Waals surface area contributed by atoms with Crippen molar-refractivity contribution in [1.29, 1.82) is 0 Å². The van der Waals surface area contributed by atoms with Gasteiger partial charge in [0.25, 0.3) is 0 Å². The molecule has 0 unspecified atom stereocenters. The number of esters is 1. The molecule has 1 aromatic heterocycles. The molecule has 0 atom stereocenters. The molecule has 0 amide bonds. The van der Waals surface area contributed by atoms with Gasteiger partial charge in [-0.2, -0.15) is 0 Å². The van der Waals surface area contributed by atoms with Crippen molar-refractivity contribution in [2.24, 2.45) is 0 Å². The Morgan fingerprint density at radius 1 is 1.24 bits per heavy atom. The minimum Gasteiger partial charge on any atom is -0.487 e. The summed E-state index contributed by atoms with van der Waals surface area (Å²) < 4.78 is 16.0. The molecule has 0 bridgehead atoms. The van der Waals surface area contributed by atoms with Gasteiger partial charge in [0, 0.05) is 23.1 Å². The van der Waals surface area contributed by atoms with E-state index in [2.05, 4.69) is 6.58 Å². The SMILES string of the molecule is C=C(C)C(=O)Oc1cc2ccc(=O)oc2cc1OC(C)C. The highest BCUT2D eigenvalue weighted by atomic mass is 16.6. The molecule has 0 radical (unpaired) electrons. The molecule has 0 N–H and O–H groups in total. The van der Waals surface area contributed by atoms with Crippen molar-refractivity contribution in [3.63, 3.8) is 0 Å². The standard InChI is InChI=1S/C16H16O5/c1-9(2)16(18)21-13-7-11-5-6-15(17)20-12(11)8-14(13)19-10(3)4/h5-8,10H,1H2,2-4H3. The van der Waals surface area contributed by atoms with E-state index in [1.807, 2.05) is 13.8 Å². The summed E-state index contributed by atoms with van der Waals surface area (Å²) in [5.41, 5.74) is 0.197. The number of fused-ring (bicyclic) bond motifs is 1. The van der Waals surface area contributed by atoms with Gasteiger partial charge in [0.1, 0.15) is 5.58 Å². The fourth-order valence-corrected chi connectivity index (χ4v) is 1.69. The smallest absolute Gasteiger partial charge is 0.338 e. The summed E-state index contributed by atoms with van der Waals surface area (Å²) in [4.78, 5) is 23.0. The predicted molar refractivity (Wildman–Crippen MR) is 78.7 cm³/mol. The van der Waals surface area contributed by atoms with E-state index in [1.54, 1.807) is 19.1 Å². The molecule has 5 heteroatoms. The van der Waals surface area contributed by atoms with Crippen molar-refractivity contribution in [2.45, 2.75) is 26.9 Å². The molecule has 1 heterocycles. The molecule has 5 nitrogen and oxygen atoms in total. The number of benzene rings is 1. The van der Waals surface area contributed by atoms with Gasteiger partial charge in [-0.05, 0) is 32.9 Å². The minimum atomic E-state index is -0.541. The molecule has 0 aliphatic carbocycles. The second kappa shape index (κ2) is 5.83. The average molecular weight is 288 g/mol. The highest BCUT2D eigenvalue weighted by Crippen LogP contribution is 2.33. The molecule has 0 spiro atoms. The Kier molecular flexibility index (Phi) is 4.12. The normalized spacial score (nSPS) is 10.7. The zero-order chi connectivity index (χ0) is 15.6. The van der Waals surface area contributed by atoms with E-state index in [1.165, 1.54) is 12.1 Å². The first kappa shape index (κ1) is 14.8. The molecule has 0 aliphatic heterocycles. The van der Waals surface area contributed by atoms with Crippen LogP contribution in [0.5, 0.6) is 11.5 Å². The summed E-state index contributed by atoms with van der Waals surface area (Å²) in [6, 6.07) is 6.03. The van der Waals surface area contributed by atoms with Crippen LogP contribution in [0, 0.1) is 0 Å². The van der Waals surface area contributed by atoms with Crippen LogP contribution in [0.2, 0.25) is 0 Å². The Bertz CT molecular complexity index is 755. The first-order valence-corrected chi connectivity index (χ1v) is 6.49. The maximum absolute atomic E-state index is 11.7. The van der Waals surface area contributed by atoms with Crippen LogP contribution in [-0.4, -0.2) is 12.1 Å². The van der Waals surface area contributed by atoms with Crippen molar-refractivity contribution in [3.8, 4) is 11.5 Å². The van der Waals surface area contributed by atoms with Crippen molar-refractivity contribution in [3.05, 3.63) is 46.8 Å². The van der Waals surface area contributed by atoms with Gasteiger partial charge in [-0.3, -0.25) is 0 Å². The minimum absolute atomic E-state index is 0.125. The summed E-state index contributed by atoms with van der Waals surface area (Å²) in [6.45, 7) is 8.79. The number of carbonyl (C=O) groups is 1. The third kappa shape index (κ3) is 3.51. The lowest BCUT2D eigenvalue weighted by Gasteiger charge is -2.14. The Balaban J connectivity index is 2.54. The van der Waals surface area contributed by atoms with Crippen LogP contribution >= 0.6 is 0 Å². The molecule has 110 valence electrons. The number of carbonyl (C=O) groups excluding carboxylic acids is 1. The van der Waals surface area contributed by atoms with E-state index < -0.39 is 11.6 Å². The zero-order valence-corrected chi connectivity index (χ0v) is 12.1. The fraction of sp³-hybridized carbons (Fsp3) is 0.250. The quantitative estimate of drug-likeness (QED) is 0.374. The summed E-state index contributed by atoms with van der Waals surface area (Å²) in [5, 5.41) is 0.634. The number of hydrogen-bond acceptors (Lipinski definition) is 5. The average Bonchev–Trinajstić information content (AvgIpc) is 2.38. The number of rotatable bonds is 4. The molecule has 0 aliphatic rings. The summed E-state index contributed by atoms with van der Waals surface area (Å²) >= 11 is 0. The van der Waals surface area contributed by atoms with Crippen LogP contribution in [0.3, 0.4) is 0 Å². The molecule has 21 heavy (non-hydrogen) atoms. The fourth-order valence-electron chi connectivity index (χ4n) is 1.69. The number of hydrogen-bond donors (Lipinski definition) is 0. The molecular formula is C16H16O5. The number of ether oxygens (including phenoxy) is 2. The van der Waals surface area contributed by atoms with E-state index in [4.69, 9.17) is 13.9 Å². The topological polar surface area (TPSA) is 65.7 Å². The van der Waals surface area contributed by atoms with Crippen molar-refractivity contribution >= 4 is 16.9 Å². The highest BCUT2D eigenvalue weighted by molar-refractivity contribution is 5.90. The second-order valence-electron chi connectivity index (χ2n) is 4.93. The van der Waals surface area contributed by atoms with E-state index in [9.17, 15) is 9.59 Å². The van der Waals surface area contributed by atoms with Gasteiger partial charge in [0.15, 0.2) is 11.5 Å². The van der Waals surface area contributed by atoms with E-state index >= 15 is 0 Å². The Morgan fingerprint density at radius 3 is 2.57 bits per heavy atom. The van der Waals surface area contributed by atoms with Crippen LogP contribution in [-0.2, 0) is 4.79 Å². The largest absolute Gasteiger partial charge is 0.487 e. The van der Waals surface area contributed by atoms with Crippen molar-refractivity contribution in [1.82, 2.24) is 0 Å². The zero-order valence-electron chi connectivity index (χ0n) is 12.1. The van der Waals surface area contributed by atoms with E-state index in [-0.39, 0.29) is 17.4 Å². The third-order valence-corrected chi connectivity index (χ3v) is 2.60. The first-order chi connectivity index (χ1) is 9.86. The van der Waals surface area contributed by atoms with Crippen LogP contribution in [0.4, 0.5) is 0 Å². The van der Waals surface area contributed by atoms with Gasteiger partial charge in [0.05, 0.1) is 6.10 Å². The molecule has 0 fully saturated rings. The molecule has 1 aromatic carbocycles. The second-order valence-corrected chi connectivity index (χ2v) is 4.93. The van der Waals surface area contributed by atoms with Gasteiger partial charge < -0.3 is 13.9 Å². The Hall–Kier alpha value is -2.56. The molecule has 2 rings (SSSR count). The van der Waals surface area contributed by atoms with Gasteiger partial charge in [0.2, 0.25) is 0 Å². The predicted octanol–water partition coefficient (Wildman–Crippen LogP) is 3.06. The van der Waals surface area contributed by atoms with E-state index in [0.29, 0.717) is 16.7 Å². The van der Waals surface area contributed by atoms with Crippen LogP contribution in [0.15, 0.2) is 45.6 Å². The summed E-state index contributed by atoms with van der Waals surface area (Å²) in [5.74, 6) is 0.0554. The monoisotopic (exact) mass is 288 g/mol. The van der Waals surface area contributed by atoms with Crippen LogP contribution in [0.25, 0.3) is 11.0 Å². The van der Waals surface area contributed by atoms with Gasteiger partial charge in [-0.15, -0.1) is 0 Å². The lowest BCUT2D eigenvalue weighted by Crippen LogP contribution is -2.12. The Morgan fingerprint density at radius 2 is 1.95 bits per heavy atom. The third-order valence-electron chi connectivity index (χ3n) is 2.60. The van der Waals surface area contributed by atoms with Crippen LogP contribution in [0.1, 0.15) is 20.8 Å². The molecule has 0 saturated carbocycles. The lowest BCUT2D eigenvalue weighted by atomic mass is 10.2. The maximum atomic E-state index is 11.7. The Labute approximate surface area is 121 Å². The van der Waals surface area contributed by atoms with Gasteiger partial charge in [-0.25, -0.2) is 9.59 Å². The van der Waals surface area contributed by atoms with E-state index in [0.717, 1.165) is 0 Å². The summed E-state index contributed by atoms with van der Waals surface area (Å²) in [7, 11) is 0. The van der Waals surface area contributed by atoms with Gasteiger partial charge >= 0.3 is 11.6 Å².